The molecule has 0 aliphatic carbocycles. The van der Waals surface area contributed by atoms with Crippen LogP contribution in [-0.2, 0) is 4.79 Å². The molecule has 5 nitrogen and oxygen atoms in total. The first-order valence-corrected chi connectivity index (χ1v) is 9.78. The van der Waals surface area contributed by atoms with Gasteiger partial charge in [0, 0.05) is 43.2 Å². The van der Waals surface area contributed by atoms with E-state index in [1.807, 2.05) is 60.5 Å². The van der Waals surface area contributed by atoms with Crippen molar-refractivity contribution in [2.45, 2.75) is 31.6 Å². The summed E-state index contributed by atoms with van der Waals surface area (Å²) in [5.74, 6) is 0.438. The van der Waals surface area contributed by atoms with Crippen LogP contribution in [0.1, 0.15) is 42.9 Å². The van der Waals surface area contributed by atoms with E-state index in [1.54, 1.807) is 18.7 Å². The fourth-order valence-electron chi connectivity index (χ4n) is 3.95. The number of amides is 1. The van der Waals surface area contributed by atoms with E-state index in [1.165, 1.54) is 0 Å². The van der Waals surface area contributed by atoms with Crippen LogP contribution in [0, 0.1) is 0 Å². The zero-order chi connectivity index (χ0) is 19.3. The molecular formula is C23H24N4O. The lowest BCUT2D eigenvalue weighted by Crippen LogP contribution is -2.40. The van der Waals surface area contributed by atoms with Crippen molar-refractivity contribution in [2.24, 2.45) is 0 Å². The maximum atomic E-state index is 12.9. The molecule has 28 heavy (non-hydrogen) atoms. The normalized spacial score (nSPS) is 16.0. The number of carbonyl (C=O) groups is 1. The summed E-state index contributed by atoms with van der Waals surface area (Å²) in [6, 6.07) is 14.0. The summed E-state index contributed by atoms with van der Waals surface area (Å²) >= 11 is 0. The Morgan fingerprint density at radius 2 is 1.75 bits per heavy atom. The third kappa shape index (κ3) is 3.79. The van der Waals surface area contributed by atoms with Crippen molar-refractivity contribution in [1.29, 1.82) is 0 Å². The number of aromatic nitrogens is 3. The average molecular weight is 372 g/mol. The second-order valence-corrected chi connectivity index (χ2v) is 7.29. The Bertz CT molecular complexity index is 922. The molecule has 1 aliphatic rings. The predicted molar refractivity (Wildman–Crippen MR) is 109 cm³/mol. The van der Waals surface area contributed by atoms with Crippen LogP contribution in [0.5, 0.6) is 0 Å². The van der Waals surface area contributed by atoms with Crippen molar-refractivity contribution in [3.63, 3.8) is 0 Å². The minimum absolute atomic E-state index is 0.107. The van der Waals surface area contributed by atoms with E-state index < -0.39 is 0 Å². The number of pyridine rings is 1. The number of carbonyl (C=O) groups excluding carboxylic acids is 1. The van der Waals surface area contributed by atoms with Crippen molar-refractivity contribution >= 4 is 5.91 Å². The number of piperidine rings is 1. The third-order valence-corrected chi connectivity index (χ3v) is 5.60. The summed E-state index contributed by atoms with van der Waals surface area (Å²) in [6.07, 6.45) is 8.92. The largest absolute Gasteiger partial charge is 0.342 e. The van der Waals surface area contributed by atoms with Crippen molar-refractivity contribution in [1.82, 2.24) is 19.9 Å². The van der Waals surface area contributed by atoms with Gasteiger partial charge in [0.25, 0.3) is 0 Å². The molecule has 1 fully saturated rings. The molecule has 0 radical (unpaired) electrons. The van der Waals surface area contributed by atoms with Gasteiger partial charge >= 0.3 is 0 Å². The minimum atomic E-state index is -0.107. The zero-order valence-corrected chi connectivity index (χ0v) is 16.0. The lowest BCUT2D eigenvalue weighted by atomic mass is 9.88. The molecule has 2 aromatic heterocycles. The number of nitrogens with zero attached hydrogens (tertiary/aromatic N) is 4. The monoisotopic (exact) mass is 372 g/mol. The average Bonchev–Trinajstić information content (AvgIpc) is 2.79. The molecule has 1 saturated heterocycles. The highest BCUT2D eigenvalue weighted by atomic mass is 16.2. The molecule has 142 valence electrons. The molecule has 3 heterocycles. The van der Waals surface area contributed by atoms with E-state index in [0.717, 1.165) is 48.3 Å². The number of hydrogen-bond donors (Lipinski definition) is 0. The van der Waals surface area contributed by atoms with E-state index in [-0.39, 0.29) is 11.8 Å². The van der Waals surface area contributed by atoms with Gasteiger partial charge < -0.3 is 4.90 Å². The Balaban J connectivity index is 1.46. The molecule has 0 saturated carbocycles. The molecule has 1 aromatic carbocycles. The topological polar surface area (TPSA) is 59.0 Å². The predicted octanol–water partition coefficient (Wildman–Crippen LogP) is 4.05. The van der Waals surface area contributed by atoms with E-state index in [0.29, 0.717) is 5.92 Å². The SMILES string of the molecule is C[C@H](C(=O)N1CCC(c2ncncc2-c2ccncc2)CC1)c1ccccc1. The van der Waals surface area contributed by atoms with Crippen LogP contribution >= 0.6 is 0 Å². The summed E-state index contributed by atoms with van der Waals surface area (Å²) < 4.78 is 0. The molecule has 0 unspecified atom stereocenters. The van der Waals surface area contributed by atoms with Crippen LogP contribution in [0.2, 0.25) is 0 Å². The van der Waals surface area contributed by atoms with Crippen LogP contribution in [-0.4, -0.2) is 38.8 Å². The van der Waals surface area contributed by atoms with E-state index >= 15 is 0 Å². The molecule has 1 atom stereocenters. The maximum absolute atomic E-state index is 12.9. The number of hydrogen-bond acceptors (Lipinski definition) is 4. The quantitative estimate of drug-likeness (QED) is 0.693. The Morgan fingerprint density at radius 3 is 2.46 bits per heavy atom. The smallest absolute Gasteiger partial charge is 0.229 e. The second-order valence-electron chi connectivity index (χ2n) is 7.29. The van der Waals surface area contributed by atoms with Crippen molar-refractivity contribution in [2.75, 3.05) is 13.1 Å². The van der Waals surface area contributed by atoms with Gasteiger partial charge in [0.05, 0.1) is 11.6 Å². The summed E-state index contributed by atoms with van der Waals surface area (Å²) in [6.45, 7) is 3.52. The molecule has 5 heteroatoms. The molecule has 0 spiro atoms. The molecule has 0 N–H and O–H groups in total. The van der Waals surface area contributed by atoms with Gasteiger partial charge in [-0.1, -0.05) is 30.3 Å². The van der Waals surface area contributed by atoms with Crippen LogP contribution in [0.15, 0.2) is 67.4 Å². The fraction of sp³-hybridized carbons (Fsp3) is 0.304. The van der Waals surface area contributed by atoms with Crippen molar-refractivity contribution < 1.29 is 4.79 Å². The Kier molecular flexibility index (Phi) is 5.42. The summed E-state index contributed by atoms with van der Waals surface area (Å²) in [7, 11) is 0. The van der Waals surface area contributed by atoms with Gasteiger partial charge in [-0.05, 0) is 43.0 Å². The fourth-order valence-corrected chi connectivity index (χ4v) is 3.95. The number of likely N-dealkylation sites (tertiary alicyclic amines) is 1. The van der Waals surface area contributed by atoms with Gasteiger partial charge in [-0.3, -0.25) is 9.78 Å². The van der Waals surface area contributed by atoms with Gasteiger partial charge in [-0.25, -0.2) is 9.97 Å². The van der Waals surface area contributed by atoms with Gasteiger partial charge in [0.1, 0.15) is 6.33 Å². The minimum Gasteiger partial charge on any atom is -0.342 e. The molecule has 3 aromatic rings. The van der Waals surface area contributed by atoms with Crippen molar-refractivity contribution in [3.8, 4) is 11.1 Å². The molecule has 1 amide bonds. The standard InChI is InChI=1S/C23H24N4O/c1-17(18-5-3-2-4-6-18)23(28)27-13-9-20(10-14-27)22-21(15-25-16-26-22)19-7-11-24-12-8-19/h2-8,11-12,15-17,20H,9-10,13-14H2,1H3/t17-/m0/s1. The molecule has 4 rings (SSSR count). The molecule has 0 bridgehead atoms. The van der Waals surface area contributed by atoms with Crippen LogP contribution in [0.4, 0.5) is 0 Å². The van der Waals surface area contributed by atoms with E-state index in [4.69, 9.17) is 0 Å². The third-order valence-electron chi connectivity index (χ3n) is 5.60. The molecular weight excluding hydrogens is 348 g/mol. The van der Waals surface area contributed by atoms with Crippen molar-refractivity contribution in [3.05, 3.63) is 78.6 Å². The van der Waals surface area contributed by atoms with Gasteiger partial charge in [0.15, 0.2) is 0 Å². The summed E-state index contributed by atoms with van der Waals surface area (Å²) in [5, 5.41) is 0. The lowest BCUT2D eigenvalue weighted by Gasteiger charge is -2.34. The van der Waals surface area contributed by atoms with Crippen LogP contribution in [0.25, 0.3) is 11.1 Å². The summed E-state index contributed by atoms with van der Waals surface area (Å²) in [5.41, 5.74) is 4.30. The highest BCUT2D eigenvalue weighted by Crippen LogP contribution is 2.34. The highest BCUT2D eigenvalue weighted by Gasteiger charge is 2.29. The Hall–Kier alpha value is -3.08. The Morgan fingerprint density at radius 1 is 1.04 bits per heavy atom. The van der Waals surface area contributed by atoms with Gasteiger partial charge in [-0.2, -0.15) is 0 Å². The number of rotatable bonds is 4. The van der Waals surface area contributed by atoms with Crippen LogP contribution in [0.3, 0.4) is 0 Å². The van der Waals surface area contributed by atoms with Crippen LogP contribution < -0.4 is 0 Å². The zero-order valence-electron chi connectivity index (χ0n) is 16.0. The highest BCUT2D eigenvalue weighted by molar-refractivity contribution is 5.83. The lowest BCUT2D eigenvalue weighted by molar-refractivity contribution is -0.133. The second kappa shape index (κ2) is 8.30. The number of benzene rings is 1. The maximum Gasteiger partial charge on any atom is 0.229 e. The first kappa shape index (κ1) is 18.3. The Labute approximate surface area is 165 Å². The van der Waals surface area contributed by atoms with Gasteiger partial charge in [0.2, 0.25) is 5.91 Å². The summed E-state index contributed by atoms with van der Waals surface area (Å²) in [4.78, 5) is 27.8. The first-order chi connectivity index (χ1) is 13.7. The molecule has 1 aliphatic heterocycles. The van der Waals surface area contributed by atoms with E-state index in [9.17, 15) is 4.79 Å². The van der Waals surface area contributed by atoms with E-state index in [2.05, 4.69) is 15.0 Å². The van der Waals surface area contributed by atoms with Gasteiger partial charge in [-0.15, -0.1) is 0 Å². The first-order valence-electron chi connectivity index (χ1n) is 9.78.